The Morgan fingerprint density at radius 1 is 1.00 bits per heavy atom. The highest BCUT2D eigenvalue weighted by atomic mass is 79.9. The molecule has 0 fully saturated rings. The number of carbonyl (C=O) groups is 1. The van der Waals surface area contributed by atoms with E-state index in [1.807, 2.05) is 31.2 Å². The van der Waals surface area contributed by atoms with Gasteiger partial charge in [0, 0.05) is 30.7 Å². The Morgan fingerprint density at radius 3 is 2.30 bits per heavy atom. The SMILES string of the molecule is CC(=O)C(C)[n+]1cc2ccccc2c2ccccc21.[Br-]. The summed E-state index contributed by atoms with van der Waals surface area (Å²) in [6, 6.07) is 16.4. The topological polar surface area (TPSA) is 20.9 Å². The second-order valence-electron chi connectivity index (χ2n) is 4.93. The molecule has 3 rings (SSSR count). The van der Waals surface area contributed by atoms with Crippen molar-refractivity contribution in [2.45, 2.75) is 19.9 Å². The van der Waals surface area contributed by atoms with Crippen molar-refractivity contribution in [1.29, 1.82) is 0 Å². The summed E-state index contributed by atoms with van der Waals surface area (Å²) in [5.74, 6) is 0.172. The van der Waals surface area contributed by atoms with E-state index in [9.17, 15) is 4.79 Å². The molecule has 0 bridgehead atoms. The molecule has 2 aromatic carbocycles. The van der Waals surface area contributed by atoms with E-state index in [4.69, 9.17) is 0 Å². The highest BCUT2D eigenvalue weighted by molar-refractivity contribution is 6.03. The average molecular weight is 330 g/mol. The fourth-order valence-electron chi connectivity index (χ4n) is 2.52. The number of carbonyl (C=O) groups excluding carboxylic acids is 1. The minimum atomic E-state index is -0.144. The second kappa shape index (κ2) is 5.71. The van der Waals surface area contributed by atoms with Crippen LogP contribution in [-0.4, -0.2) is 5.78 Å². The Morgan fingerprint density at radius 2 is 1.60 bits per heavy atom. The summed E-state index contributed by atoms with van der Waals surface area (Å²) in [5.41, 5.74) is 1.10. The Kier molecular flexibility index (Phi) is 4.19. The molecule has 2 nitrogen and oxygen atoms in total. The van der Waals surface area contributed by atoms with E-state index in [-0.39, 0.29) is 28.8 Å². The molecule has 0 aliphatic carbocycles. The van der Waals surface area contributed by atoms with Gasteiger partial charge in [-0.3, -0.25) is 4.79 Å². The Labute approximate surface area is 128 Å². The maximum Gasteiger partial charge on any atom is 0.213 e. The lowest BCUT2D eigenvalue weighted by Crippen LogP contribution is -3.00. The van der Waals surface area contributed by atoms with Crippen molar-refractivity contribution in [2.24, 2.45) is 0 Å². The molecule has 0 aliphatic heterocycles. The zero-order chi connectivity index (χ0) is 13.4. The summed E-state index contributed by atoms with van der Waals surface area (Å²) in [6.07, 6.45) is 2.07. The molecule has 1 aromatic heterocycles. The molecular weight excluding hydrogens is 314 g/mol. The first-order chi connectivity index (χ1) is 9.18. The standard InChI is InChI=1S/C17H16NO.BrH/c1-12(13(2)19)18-11-14-7-3-4-8-15(14)16-9-5-6-10-17(16)18;/h3-12H,1-2H3;1H/q+1;/p-1. The number of hydrogen-bond acceptors (Lipinski definition) is 1. The monoisotopic (exact) mass is 329 g/mol. The first kappa shape index (κ1) is 14.7. The lowest BCUT2D eigenvalue weighted by Gasteiger charge is -2.08. The third-order valence-electron chi connectivity index (χ3n) is 3.72. The molecule has 0 spiro atoms. The van der Waals surface area contributed by atoms with Gasteiger partial charge in [-0.1, -0.05) is 30.3 Å². The molecule has 0 N–H and O–H groups in total. The Hall–Kier alpha value is -1.74. The zero-order valence-electron chi connectivity index (χ0n) is 11.5. The van der Waals surface area contributed by atoms with Gasteiger partial charge >= 0.3 is 0 Å². The van der Waals surface area contributed by atoms with Crippen molar-refractivity contribution in [2.75, 3.05) is 0 Å². The number of aromatic nitrogens is 1. The highest BCUT2D eigenvalue weighted by Gasteiger charge is 2.22. The van der Waals surface area contributed by atoms with E-state index in [2.05, 4.69) is 35.0 Å². The van der Waals surface area contributed by atoms with Crippen LogP contribution in [0, 0.1) is 0 Å². The quantitative estimate of drug-likeness (QED) is 0.493. The predicted molar refractivity (Wildman–Crippen MR) is 77.0 cm³/mol. The van der Waals surface area contributed by atoms with E-state index < -0.39 is 0 Å². The van der Waals surface area contributed by atoms with Crippen LogP contribution in [0.5, 0.6) is 0 Å². The van der Waals surface area contributed by atoms with Crippen LogP contribution in [0.2, 0.25) is 0 Å². The van der Waals surface area contributed by atoms with Gasteiger partial charge in [-0.2, -0.15) is 4.57 Å². The maximum atomic E-state index is 11.7. The van der Waals surface area contributed by atoms with Crippen molar-refractivity contribution in [1.82, 2.24) is 0 Å². The molecule has 0 saturated carbocycles. The van der Waals surface area contributed by atoms with Gasteiger partial charge in [0.2, 0.25) is 11.6 Å². The van der Waals surface area contributed by atoms with Gasteiger partial charge in [-0.05, 0) is 12.1 Å². The molecular formula is C17H16BrNO. The van der Waals surface area contributed by atoms with Crippen molar-refractivity contribution in [3.05, 3.63) is 54.7 Å². The van der Waals surface area contributed by atoms with E-state index in [0.717, 1.165) is 10.9 Å². The van der Waals surface area contributed by atoms with Crippen molar-refractivity contribution < 1.29 is 26.3 Å². The van der Waals surface area contributed by atoms with E-state index in [0.29, 0.717) is 0 Å². The third-order valence-corrected chi connectivity index (χ3v) is 3.72. The molecule has 3 aromatic rings. The minimum Gasteiger partial charge on any atom is -1.00 e. The van der Waals surface area contributed by atoms with Crippen molar-refractivity contribution in [3.8, 4) is 0 Å². The number of benzene rings is 2. The van der Waals surface area contributed by atoms with Gasteiger partial charge in [-0.15, -0.1) is 0 Å². The Bertz CT molecular complexity index is 782. The normalized spacial score (nSPS) is 12.1. The van der Waals surface area contributed by atoms with Crippen LogP contribution >= 0.6 is 0 Å². The summed E-state index contributed by atoms with van der Waals surface area (Å²) < 4.78 is 2.07. The van der Waals surface area contributed by atoms with Gasteiger partial charge in [0.05, 0.1) is 5.39 Å². The summed E-state index contributed by atoms with van der Waals surface area (Å²) in [6.45, 7) is 3.59. The first-order valence-corrected chi connectivity index (χ1v) is 6.50. The first-order valence-electron chi connectivity index (χ1n) is 6.50. The minimum absolute atomic E-state index is 0. The molecule has 1 heterocycles. The molecule has 1 unspecified atom stereocenters. The number of fused-ring (bicyclic) bond motifs is 3. The molecule has 102 valence electrons. The van der Waals surface area contributed by atoms with Crippen LogP contribution in [0.3, 0.4) is 0 Å². The van der Waals surface area contributed by atoms with Gasteiger partial charge in [0.25, 0.3) is 0 Å². The summed E-state index contributed by atoms with van der Waals surface area (Å²) >= 11 is 0. The number of pyridine rings is 1. The lowest BCUT2D eigenvalue weighted by molar-refractivity contribution is -0.679. The molecule has 0 radical (unpaired) electrons. The summed E-state index contributed by atoms with van der Waals surface area (Å²) in [4.78, 5) is 11.7. The average Bonchev–Trinajstić information content (AvgIpc) is 2.45. The largest absolute Gasteiger partial charge is 1.00 e. The fourth-order valence-corrected chi connectivity index (χ4v) is 2.52. The van der Waals surface area contributed by atoms with Gasteiger partial charge in [0.15, 0.2) is 12.0 Å². The maximum absolute atomic E-state index is 11.7. The van der Waals surface area contributed by atoms with E-state index in [1.165, 1.54) is 10.8 Å². The Balaban J connectivity index is 0.00000147. The molecule has 20 heavy (non-hydrogen) atoms. The molecule has 1 atom stereocenters. The second-order valence-corrected chi connectivity index (χ2v) is 4.93. The predicted octanol–water partition coefficient (Wildman–Crippen LogP) is 0.434. The lowest BCUT2D eigenvalue weighted by atomic mass is 10.1. The van der Waals surface area contributed by atoms with Crippen molar-refractivity contribution in [3.63, 3.8) is 0 Å². The fraction of sp³-hybridized carbons (Fsp3) is 0.176. The van der Waals surface area contributed by atoms with Crippen LogP contribution in [-0.2, 0) is 4.79 Å². The van der Waals surface area contributed by atoms with Crippen LogP contribution in [0.25, 0.3) is 21.7 Å². The van der Waals surface area contributed by atoms with E-state index in [1.54, 1.807) is 6.92 Å². The number of hydrogen-bond donors (Lipinski definition) is 0. The van der Waals surface area contributed by atoms with Crippen LogP contribution < -0.4 is 21.5 Å². The number of ketones is 1. The van der Waals surface area contributed by atoms with Crippen LogP contribution in [0.1, 0.15) is 19.9 Å². The van der Waals surface area contributed by atoms with Crippen LogP contribution in [0.4, 0.5) is 0 Å². The molecule has 0 amide bonds. The van der Waals surface area contributed by atoms with Crippen molar-refractivity contribution >= 4 is 27.5 Å². The molecule has 0 saturated heterocycles. The number of para-hydroxylation sites is 1. The van der Waals surface area contributed by atoms with Gasteiger partial charge < -0.3 is 17.0 Å². The highest BCUT2D eigenvalue weighted by Crippen LogP contribution is 2.23. The van der Waals surface area contributed by atoms with Crippen LogP contribution in [0.15, 0.2) is 54.7 Å². The number of halogens is 1. The number of Topliss-reactive ketones (excluding diaryl/α,β-unsaturated/α-hetero) is 1. The molecule has 0 aliphatic rings. The van der Waals surface area contributed by atoms with Gasteiger partial charge in [-0.25, -0.2) is 0 Å². The number of rotatable bonds is 2. The van der Waals surface area contributed by atoms with E-state index >= 15 is 0 Å². The third kappa shape index (κ3) is 2.34. The van der Waals surface area contributed by atoms with Gasteiger partial charge in [0.1, 0.15) is 0 Å². The summed E-state index contributed by atoms with van der Waals surface area (Å²) in [7, 11) is 0. The summed E-state index contributed by atoms with van der Waals surface area (Å²) in [5, 5.41) is 3.58. The number of nitrogens with zero attached hydrogens (tertiary/aromatic N) is 1. The smallest absolute Gasteiger partial charge is 0.213 e. The molecule has 3 heteroatoms. The zero-order valence-corrected chi connectivity index (χ0v) is 13.1.